The third kappa shape index (κ3) is 4.37. The Labute approximate surface area is 145 Å². The van der Waals surface area contributed by atoms with E-state index in [0.717, 1.165) is 19.4 Å². The molecular formula is C16H23N7O2. The Kier molecular flexibility index (Phi) is 5.32. The van der Waals surface area contributed by atoms with Crippen LogP contribution >= 0.6 is 0 Å². The van der Waals surface area contributed by atoms with Crippen molar-refractivity contribution in [3.63, 3.8) is 0 Å². The average Bonchev–Trinajstić information content (AvgIpc) is 3.11. The zero-order chi connectivity index (χ0) is 17.6. The summed E-state index contributed by atoms with van der Waals surface area (Å²) in [6.45, 7) is 2.48. The van der Waals surface area contributed by atoms with E-state index in [4.69, 9.17) is 0 Å². The van der Waals surface area contributed by atoms with Gasteiger partial charge in [-0.05, 0) is 18.9 Å². The molecule has 1 atom stereocenters. The molecule has 1 aliphatic rings. The molecule has 9 heteroatoms. The maximum absolute atomic E-state index is 12.2. The van der Waals surface area contributed by atoms with Crippen LogP contribution in [0.5, 0.6) is 0 Å². The molecule has 0 unspecified atom stereocenters. The highest BCUT2D eigenvalue weighted by Crippen LogP contribution is 2.14. The first kappa shape index (κ1) is 17.0. The number of rotatable bonds is 5. The van der Waals surface area contributed by atoms with Gasteiger partial charge >= 0.3 is 6.03 Å². The first-order valence-corrected chi connectivity index (χ1v) is 8.42. The van der Waals surface area contributed by atoms with Crippen LogP contribution in [0, 0.1) is 0 Å². The molecule has 25 heavy (non-hydrogen) atoms. The van der Waals surface area contributed by atoms with E-state index in [1.807, 2.05) is 17.2 Å². The summed E-state index contributed by atoms with van der Waals surface area (Å²) < 4.78 is 3.28. The molecule has 3 rings (SSSR count). The number of nitrogens with zero attached hydrogens (tertiary/aromatic N) is 5. The lowest BCUT2D eigenvalue weighted by Crippen LogP contribution is -2.52. The molecule has 0 spiro atoms. The molecule has 9 nitrogen and oxygen atoms in total. The number of nitrogens with one attached hydrogen (secondary N) is 2. The molecule has 0 bridgehead atoms. The molecule has 3 heterocycles. The van der Waals surface area contributed by atoms with Gasteiger partial charge in [0, 0.05) is 57.5 Å². The molecule has 2 aromatic rings. The summed E-state index contributed by atoms with van der Waals surface area (Å²) in [4.78, 5) is 30.4. The van der Waals surface area contributed by atoms with Crippen LogP contribution in [0.25, 0.3) is 0 Å². The van der Waals surface area contributed by atoms with Gasteiger partial charge in [-0.25, -0.2) is 9.78 Å². The Hall–Kier alpha value is -2.84. The maximum Gasteiger partial charge on any atom is 0.315 e. The molecule has 2 aromatic heterocycles. The number of piperidine rings is 1. The minimum absolute atomic E-state index is 0.00911. The first-order chi connectivity index (χ1) is 12.1. The number of hydrogen-bond donors (Lipinski definition) is 2. The number of aromatic nitrogens is 4. The minimum Gasteiger partial charge on any atom is -0.350 e. The number of anilines is 1. The van der Waals surface area contributed by atoms with Gasteiger partial charge in [0.05, 0.1) is 6.54 Å². The van der Waals surface area contributed by atoms with E-state index >= 15 is 0 Å². The van der Waals surface area contributed by atoms with E-state index in [0.29, 0.717) is 25.5 Å². The Balaban J connectivity index is 1.50. The van der Waals surface area contributed by atoms with Gasteiger partial charge in [0.2, 0.25) is 0 Å². The normalized spacial score (nSPS) is 17.3. The summed E-state index contributed by atoms with van der Waals surface area (Å²) in [6, 6.07) is 1.64. The summed E-state index contributed by atoms with van der Waals surface area (Å²) >= 11 is 0. The van der Waals surface area contributed by atoms with Crippen LogP contribution in [0.15, 0.2) is 35.6 Å². The summed E-state index contributed by atoms with van der Waals surface area (Å²) in [5.74, 6) is 0.440. The largest absolute Gasteiger partial charge is 0.350 e. The van der Waals surface area contributed by atoms with Crippen LogP contribution in [0.1, 0.15) is 12.8 Å². The number of amides is 2. The zero-order valence-electron chi connectivity index (χ0n) is 14.3. The lowest BCUT2D eigenvalue weighted by atomic mass is 10.1. The Bertz CT molecular complexity index is 756. The fourth-order valence-electron chi connectivity index (χ4n) is 2.94. The second-order valence-electron chi connectivity index (χ2n) is 6.12. The second-order valence-corrected chi connectivity index (χ2v) is 6.12. The Morgan fingerprint density at radius 2 is 2.24 bits per heavy atom. The number of urea groups is 1. The van der Waals surface area contributed by atoms with Crippen molar-refractivity contribution >= 4 is 11.8 Å². The van der Waals surface area contributed by atoms with Gasteiger partial charge < -0.3 is 20.1 Å². The van der Waals surface area contributed by atoms with Crippen LogP contribution in [-0.4, -0.2) is 51.0 Å². The summed E-state index contributed by atoms with van der Waals surface area (Å²) in [7, 11) is 1.71. The van der Waals surface area contributed by atoms with Crippen molar-refractivity contribution in [1.82, 2.24) is 30.0 Å². The summed E-state index contributed by atoms with van der Waals surface area (Å²) in [5, 5.41) is 9.89. The van der Waals surface area contributed by atoms with E-state index in [2.05, 4.69) is 20.7 Å². The van der Waals surface area contributed by atoms with Gasteiger partial charge in [-0.2, -0.15) is 5.10 Å². The predicted octanol–water partition coefficient (Wildman–Crippen LogP) is -0.0550. The lowest BCUT2D eigenvalue weighted by Gasteiger charge is -2.33. The molecule has 1 aliphatic heterocycles. The number of carbonyl (C=O) groups excluding carboxylic acids is 1. The molecule has 2 N–H and O–H groups in total. The lowest BCUT2D eigenvalue weighted by molar-refractivity contribution is 0.234. The van der Waals surface area contributed by atoms with Crippen molar-refractivity contribution in [3.8, 4) is 0 Å². The standard InChI is InChI=1S/C16H23N7O2/c1-21-10-6-17-14(15(21)24)22-8-2-4-13(12-22)20-16(25)18-7-11-23-9-3-5-19-23/h3,5-6,9-10,13H,2,4,7-8,11-12H2,1H3,(H2,18,20,25)/t13-/m0/s1. The zero-order valence-corrected chi connectivity index (χ0v) is 14.3. The number of carbonyl (C=O) groups is 1. The van der Waals surface area contributed by atoms with Gasteiger partial charge in [0.1, 0.15) is 0 Å². The Morgan fingerprint density at radius 1 is 1.36 bits per heavy atom. The van der Waals surface area contributed by atoms with Gasteiger partial charge in [0.15, 0.2) is 5.82 Å². The van der Waals surface area contributed by atoms with Crippen molar-refractivity contribution in [2.45, 2.75) is 25.4 Å². The van der Waals surface area contributed by atoms with E-state index in [1.54, 1.807) is 30.3 Å². The van der Waals surface area contributed by atoms with Crippen LogP contribution in [-0.2, 0) is 13.6 Å². The predicted molar refractivity (Wildman–Crippen MR) is 93.5 cm³/mol. The highest BCUT2D eigenvalue weighted by Gasteiger charge is 2.24. The molecule has 1 fully saturated rings. The van der Waals surface area contributed by atoms with Crippen molar-refractivity contribution in [3.05, 3.63) is 41.2 Å². The molecule has 0 saturated carbocycles. The van der Waals surface area contributed by atoms with Gasteiger partial charge in [-0.15, -0.1) is 0 Å². The maximum atomic E-state index is 12.2. The van der Waals surface area contributed by atoms with E-state index in [1.165, 1.54) is 4.57 Å². The summed E-state index contributed by atoms with van der Waals surface area (Å²) in [5.41, 5.74) is -0.119. The second kappa shape index (κ2) is 7.82. The molecular weight excluding hydrogens is 322 g/mol. The van der Waals surface area contributed by atoms with Crippen LogP contribution < -0.4 is 21.1 Å². The van der Waals surface area contributed by atoms with E-state index < -0.39 is 0 Å². The average molecular weight is 345 g/mol. The monoisotopic (exact) mass is 345 g/mol. The quantitative estimate of drug-likeness (QED) is 0.792. The third-order valence-electron chi connectivity index (χ3n) is 4.24. The molecule has 1 saturated heterocycles. The molecule has 0 aliphatic carbocycles. The van der Waals surface area contributed by atoms with Crippen molar-refractivity contribution in [2.75, 3.05) is 24.5 Å². The van der Waals surface area contributed by atoms with Gasteiger partial charge in [-0.3, -0.25) is 9.48 Å². The van der Waals surface area contributed by atoms with Crippen molar-refractivity contribution in [2.24, 2.45) is 7.05 Å². The topological polar surface area (TPSA) is 97.1 Å². The van der Waals surface area contributed by atoms with Gasteiger partial charge in [-0.1, -0.05) is 0 Å². The first-order valence-electron chi connectivity index (χ1n) is 8.42. The van der Waals surface area contributed by atoms with Gasteiger partial charge in [0.25, 0.3) is 5.56 Å². The van der Waals surface area contributed by atoms with Crippen LogP contribution in [0.3, 0.4) is 0 Å². The molecule has 2 amide bonds. The van der Waals surface area contributed by atoms with Crippen LogP contribution in [0.2, 0.25) is 0 Å². The fourth-order valence-corrected chi connectivity index (χ4v) is 2.94. The van der Waals surface area contributed by atoms with Crippen molar-refractivity contribution < 1.29 is 4.79 Å². The SMILES string of the molecule is Cn1ccnc(N2CCC[C@H](NC(=O)NCCn3cccn3)C2)c1=O. The van der Waals surface area contributed by atoms with E-state index in [-0.39, 0.29) is 17.6 Å². The smallest absolute Gasteiger partial charge is 0.315 e. The molecule has 0 radical (unpaired) electrons. The number of hydrogen-bond acceptors (Lipinski definition) is 5. The molecule has 0 aromatic carbocycles. The fraction of sp³-hybridized carbons (Fsp3) is 0.500. The highest BCUT2D eigenvalue weighted by atomic mass is 16.2. The number of aryl methyl sites for hydroxylation is 1. The minimum atomic E-state index is -0.201. The van der Waals surface area contributed by atoms with E-state index in [9.17, 15) is 9.59 Å². The molecule has 134 valence electrons. The highest BCUT2D eigenvalue weighted by molar-refractivity contribution is 5.74. The Morgan fingerprint density at radius 3 is 3.04 bits per heavy atom. The van der Waals surface area contributed by atoms with Crippen molar-refractivity contribution in [1.29, 1.82) is 0 Å². The van der Waals surface area contributed by atoms with Crippen LogP contribution in [0.4, 0.5) is 10.6 Å². The summed E-state index contributed by atoms with van der Waals surface area (Å²) in [6.07, 6.45) is 8.60. The third-order valence-corrected chi connectivity index (χ3v) is 4.24.